The number of nitrogens with zero attached hydrogens (tertiary/aromatic N) is 1. The lowest BCUT2D eigenvalue weighted by Gasteiger charge is -2.36. The average Bonchev–Trinajstić information content (AvgIpc) is 2.89. The smallest absolute Gasteiger partial charge is 0.251 e. The van der Waals surface area contributed by atoms with Crippen molar-refractivity contribution in [1.29, 1.82) is 0 Å². The summed E-state index contributed by atoms with van der Waals surface area (Å²) in [5.74, 6) is 0.00604. The van der Waals surface area contributed by atoms with E-state index in [0.29, 0.717) is 0 Å². The predicted octanol–water partition coefficient (Wildman–Crippen LogP) is 2.89. The van der Waals surface area contributed by atoms with Crippen molar-refractivity contribution in [2.24, 2.45) is 0 Å². The second-order valence-corrected chi connectivity index (χ2v) is 6.52. The largest absolute Gasteiger partial charge is 0.350 e. The third kappa shape index (κ3) is 3.18. The second kappa shape index (κ2) is 6.19. The SMILES string of the molecule is Cc1ccc(S)cc1C(=O)NCC1(N(C)C)CCCC1. The van der Waals surface area contributed by atoms with Crippen LogP contribution in [0.15, 0.2) is 23.1 Å². The normalized spacial score (nSPS) is 17.4. The molecule has 2 rings (SSSR count). The minimum Gasteiger partial charge on any atom is -0.350 e. The molecule has 110 valence electrons. The lowest BCUT2D eigenvalue weighted by atomic mass is 9.95. The van der Waals surface area contributed by atoms with Gasteiger partial charge in [0.15, 0.2) is 0 Å². The van der Waals surface area contributed by atoms with Crippen LogP contribution in [-0.2, 0) is 0 Å². The average molecular weight is 292 g/mol. The first-order valence-corrected chi connectivity index (χ1v) is 7.65. The van der Waals surface area contributed by atoms with Crippen LogP contribution >= 0.6 is 12.6 Å². The Labute approximate surface area is 127 Å². The van der Waals surface area contributed by atoms with Gasteiger partial charge in [-0.05, 0) is 51.6 Å². The summed E-state index contributed by atoms with van der Waals surface area (Å²) in [6, 6.07) is 5.69. The van der Waals surface area contributed by atoms with Crippen molar-refractivity contribution in [2.45, 2.75) is 43.0 Å². The minimum absolute atomic E-state index is 0.00604. The van der Waals surface area contributed by atoms with E-state index >= 15 is 0 Å². The molecular weight excluding hydrogens is 268 g/mol. The molecule has 1 N–H and O–H groups in total. The van der Waals surface area contributed by atoms with Gasteiger partial charge in [0.25, 0.3) is 5.91 Å². The highest BCUT2D eigenvalue weighted by molar-refractivity contribution is 7.80. The highest BCUT2D eigenvalue weighted by atomic mass is 32.1. The van der Waals surface area contributed by atoms with Crippen molar-refractivity contribution in [3.63, 3.8) is 0 Å². The number of carbonyl (C=O) groups is 1. The first kappa shape index (κ1) is 15.4. The number of carbonyl (C=O) groups excluding carboxylic acids is 1. The van der Waals surface area contributed by atoms with Crippen LogP contribution in [0.2, 0.25) is 0 Å². The molecule has 0 radical (unpaired) electrons. The molecule has 0 aliphatic heterocycles. The molecule has 20 heavy (non-hydrogen) atoms. The van der Waals surface area contributed by atoms with Crippen LogP contribution in [0.25, 0.3) is 0 Å². The Kier molecular flexibility index (Phi) is 4.76. The number of rotatable bonds is 4. The topological polar surface area (TPSA) is 32.3 Å². The Hall–Kier alpha value is -1.00. The molecule has 1 aliphatic carbocycles. The van der Waals surface area contributed by atoms with Gasteiger partial charge in [0.05, 0.1) is 0 Å². The third-order valence-corrected chi connectivity index (χ3v) is 4.80. The summed E-state index contributed by atoms with van der Waals surface area (Å²) in [5, 5.41) is 3.12. The van der Waals surface area contributed by atoms with E-state index in [2.05, 4.69) is 36.9 Å². The number of aryl methyl sites for hydroxylation is 1. The van der Waals surface area contributed by atoms with Gasteiger partial charge in [-0.2, -0.15) is 0 Å². The highest BCUT2D eigenvalue weighted by Crippen LogP contribution is 2.33. The maximum atomic E-state index is 12.4. The van der Waals surface area contributed by atoms with Gasteiger partial charge in [-0.3, -0.25) is 4.79 Å². The highest BCUT2D eigenvalue weighted by Gasteiger charge is 2.36. The summed E-state index contributed by atoms with van der Waals surface area (Å²) in [7, 11) is 4.22. The maximum absolute atomic E-state index is 12.4. The molecular formula is C16H24N2OS. The molecule has 4 heteroatoms. The number of hydrogen-bond acceptors (Lipinski definition) is 3. The van der Waals surface area contributed by atoms with Gasteiger partial charge in [-0.1, -0.05) is 18.9 Å². The number of nitrogens with one attached hydrogen (secondary N) is 1. The number of benzene rings is 1. The standard InChI is InChI=1S/C16H24N2OS/c1-12-6-7-13(20)10-14(12)15(19)17-11-16(18(2)3)8-4-5-9-16/h6-7,10,20H,4-5,8-9,11H2,1-3H3,(H,17,19). The molecule has 1 aliphatic rings. The van der Waals surface area contributed by atoms with Crippen molar-refractivity contribution in [2.75, 3.05) is 20.6 Å². The Morgan fingerprint density at radius 1 is 1.35 bits per heavy atom. The van der Waals surface area contributed by atoms with E-state index in [1.807, 2.05) is 25.1 Å². The fourth-order valence-electron chi connectivity index (χ4n) is 3.01. The van der Waals surface area contributed by atoms with E-state index < -0.39 is 0 Å². The molecule has 0 spiro atoms. The Bertz CT molecular complexity index is 493. The van der Waals surface area contributed by atoms with Gasteiger partial charge in [-0.15, -0.1) is 12.6 Å². The van der Waals surface area contributed by atoms with Crippen LogP contribution in [0.4, 0.5) is 0 Å². The number of likely N-dealkylation sites (N-methyl/N-ethyl adjacent to an activating group) is 1. The summed E-state index contributed by atoms with van der Waals surface area (Å²) in [5.41, 5.74) is 1.84. The van der Waals surface area contributed by atoms with E-state index in [9.17, 15) is 4.79 Å². The molecule has 0 saturated heterocycles. The van der Waals surface area contributed by atoms with Crippen molar-refractivity contribution in [3.8, 4) is 0 Å². The van der Waals surface area contributed by atoms with Gasteiger partial charge in [0, 0.05) is 22.5 Å². The zero-order chi connectivity index (χ0) is 14.8. The minimum atomic E-state index is 0.00604. The van der Waals surface area contributed by atoms with Crippen molar-refractivity contribution >= 4 is 18.5 Å². The van der Waals surface area contributed by atoms with E-state index in [-0.39, 0.29) is 11.4 Å². The van der Waals surface area contributed by atoms with Gasteiger partial charge in [0.2, 0.25) is 0 Å². The number of thiol groups is 1. The first-order valence-electron chi connectivity index (χ1n) is 7.20. The van der Waals surface area contributed by atoms with Crippen molar-refractivity contribution in [1.82, 2.24) is 10.2 Å². The predicted molar refractivity (Wildman–Crippen MR) is 85.7 cm³/mol. The molecule has 1 aromatic carbocycles. The fraction of sp³-hybridized carbons (Fsp3) is 0.562. The van der Waals surface area contributed by atoms with Crippen LogP contribution in [0.3, 0.4) is 0 Å². The van der Waals surface area contributed by atoms with E-state index in [1.54, 1.807) is 0 Å². The molecule has 1 saturated carbocycles. The Balaban J connectivity index is 2.06. The molecule has 1 aromatic rings. The van der Waals surface area contributed by atoms with Gasteiger partial charge >= 0.3 is 0 Å². The van der Waals surface area contributed by atoms with Crippen LogP contribution in [0.1, 0.15) is 41.6 Å². The first-order chi connectivity index (χ1) is 9.44. The zero-order valence-corrected chi connectivity index (χ0v) is 13.5. The molecule has 1 amide bonds. The molecule has 0 atom stereocenters. The van der Waals surface area contributed by atoms with Crippen LogP contribution < -0.4 is 5.32 Å². The van der Waals surface area contributed by atoms with Crippen LogP contribution in [0, 0.1) is 6.92 Å². The fourth-order valence-corrected chi connectivity index (χ4v) is 3.21. The van der Waals surface area contributed by atoms with E-state index in [4.69, 9.17) is 0 Å². The molecule has 0 aromatic heterocycles. The molecule has 0 bridgehead atoms. The lowest BCUT2D eigenvalue weighted by molar-refractivity contribution is 0.0899. The van der Waals surface area contributed by atoms with Gasteiger partial charge in [-0.25, -0.2) is 0 Å². The maximum Gasteiger partial charge on any atom is 0.251 e. The summed E-state index contributed by atoms with van der Waals surface area (Å²) in [4.78, 5) is 15.5. The molecule has 1 fully saturated rings. The third-order valence-electron chi connectivity index (χ3n) is 4.53. The van der Waals surface area contributed by atoms with Crippen molar-refractivity contribution < 1.29 is 4.79 Å². The summed E-state index contributed by atoms with van der Waals surface area (Å²) in [6.45, 7) is 2.68. The zero-order valence-electron chi connectivity index (χ0n) is 12.6. The van der Waals surface area contributed by atoms with Crippen LogP contribution in [0.5, 0.6) is 0 Å². The monoisotopic (exact) mass is 292 g/mol. The van der Waals surface area contributed by atoms with E-state index in [1.165, 1.54) is 12.8 Å². The second-order valence-electron chi connectivity index (χ2n) is 6.01. The summed E-state index contributed by atoms with van der Waals surface area (Å²) < 4.78 is 0. The van der Waals surface area contributed by atoms with Crippen LogP contribution in [-0.4, -0.2) is 37.0 Å². The molecule has 3 nitrogen and oxygen atoms in total. The Morgan fingerprint density at radius 2 is 2.00 bits per heavy atom. The summed E-state index contributed by atoms with van der Waals surface area (Å²) in [6.07, 6.45) is 4.82. The quantitative estimate of drug-likeness (QED) is 0.836. The number of hydrogen-bond donors (Lipinski definition) is 2. The molecule has 0 heterocycles. The Morgan fingerprint density at radius 3 is 2.60 bits per heavy atom. The van der Waals surface area contributed by atoms with Crippen molar-refractivity contribution in [3.05, 3.63) is 29.3 Å². The lowest BCUT2D eigenvalue weighted by Crippen LogP contribution is -2.50. The van der Waals surface area contributed by atoms with E-state index in [0.717, 1.165) is 35.4 Å². The van der Waals surface area contributed by atoms with Gasteiger partial charge in [0.1, 0.15) is 0 Å². The molecule has 0 unspecified atom stereocenters. The summed E-state index contributed by atoms with van der Waals surface area (Å²) >= 11 is 4.31. The number of amides is 1. The van der Waals surface area contributed by atoms with Gasteiger partial charge < -0.3 is 10.2 Å².